The number of hydrogen-bond acceptors (Lipinski definition) is 6. The molecule has 1 aliphatic heterocycles. The van der Waals surface area contributed by atoms with Gasteiger partial charge in [-0.25, -0.2) is 4.98 Å². The molecule has 0 bridgehead atoms. The van der Waals surface area contributed by atoms with E-state index in [1.54, 1.807) is 6.20 Å². The molecule has 2 aromatic rings. The lowest BCUT2D eigenvalue weighted by Gasteiger charge is -2.31. The number of hydrogen-bond donors (Lipinski definition) is 1. The Morgan fingerprint density at radius 3 is 3.28 bits per heavy atom. The van der Waals surface area contributed by atoms with Crippen LogP contribution in [0.2, 0.25) is 0 Å². The van der Waals surface area contributed by atoms with Crippen molar-refractivity contribution in [1.82, 2.24) is 9.97 Å². The van der Waals surface area contributed by atoms with Crippen LogP contribution < -0.4 is 10.6 Å². The third-order valence-electron chi connectivity index (χ3n) is 3.05. The summed E-state index contributed by atoms with van der Waals surface area (Å²) in [6, 6.07) is 4.33. The first-order chi connectivity index (χ1) is 8.86. The van der Waals surface area contributed by atoms with Crippen LogP contribution in [0.4, 0.5) is 6.01 Å². The van der Waals surface area contributed by atoms with Crippen LogP contribution >= 0.6 is 0 Å². The molecular formula is C12H16N4O2. The van der Waals surface area contributed by atoms with Gasteiger partial charge >= 0.3 is 0 Å². The van der Waals surface area contributed by atoms with E-state index >= 15 is 0 Å². The molecule has 1 atom stereocenters. The Balaban J connectivity index is 1.80. The number of pyridine rings is 1. The highest BCUT2D eigenvalue weighted by molar-refractivity contribution is 5.69. The Morgan fingerprint density at radius 2 is 2.44 bits per heavy atom. The molecule has 0 aliphatic carbocycles. The highest BCUT2D eigenvalue weighted by Gasteiger charge is 2.23. The normalized spacial score (nSPS) is 20.5. The maximum absolute atomic E-state index is 5.70. The molecule has 1 fully saturated rings. The molecule has 0 unspecified atom stereocenters. The van der Waals surface area contributed by atoms with Crippen molar-refractivity contribution in [1.29, 1.82) is 0 Å². The second-order valence-electron chi connectivity index (χ2n) is 4.34. The lowest BCUT2D eigenvalue weighted by Crippen LogP contribution is -2.43. The van der Waals surface area contributed by atoms with E-state index in [-0.39, 0.29) is 6.10 Å². The fourth-order valence-corrected chi connectivity index (χ4v) is 2.15. The average Bonchev–Trinajstić information content (AvgIpc) is 2.83. The molecule has 3 heterocycles. The predicted octanol–water partition coefficient (Wildman–Crippen LogP) is 0.777. The summed E-state index contributed by atoms with van der Waals surface area (Å²) in [7, 11) is 0. The molecule has 3 rings (SSSR count). The number of nitrogens with zero attached hydrogens (tertiary/aromatic N) is 3. The van der Waals surface area contributed by atoms with Gasteiger partial charge in [-0.2, -0.15) is 4.98 Å². The van der Waals surface area contributed by atoms with Gasteiger partial charge in [-0.3, -0.25) is 0 Å². The number of aromatic nitrogens is 2. The minimum Gasteiger partial charge on any atom is -0.422 e. The molecule has 6 nitrogen and oxygen atoms in total. The fourth-order valence-electron chi connectivity index (χ4n) is 2.15. The zero-order chi connectivity index (χ0) is 12.4. The number of fused-ring (bicyclic) bond motifs is 1. The summed E-state index contributed by atoms with van der Waals surface area (Å²) >= 11 is 0. The van der Waals surface area contributed by atoms with Crippen LogP contribution in [-0.2, 0) is 4.74 Å². The third kappa shape index (κ3) is 2.16. The first-order valence-corrected chi connectivity index (χ1v) is 6.15. The molecule has 18 heavy (non-hydrogen) atoms. The molecule has 2 aromatic heterocycles. The van der Waals surface area contributed by atoms with Gasteiger partial charge in [0.15, 0.2) is 5.58 Å². The summed E-state index contributed by atoms with van der Waals surface area (Å²) in [5.41, 5.74) is 6.92. The number of anilines is 1. The third-order valence-corrected chi connectivity index (χ3v) is 3.05. The second kappa shape index (κ2) is 4.91. The maximum atomic E-state index is 5.70. The zero-order valence-corrected chi connectivity index (χ0v) is 10.1. The Morgan fingerprint density at radius 1 is 1.50 bits per heavy atom. The van der Waals surface area contributed by atoms with Gasteiger partial charge in [-0.15, -0.1) is 0 Å². The van der Waals surface area contributed by atoms with E-state index in [9.17, 15) is 0 Å². The summed E-state index contributed by atoms with van der Waals surface area (Å²) < 4.78 is 11.3. The van der Waals surface area contributed by atoms with E-state index in [4.69, 9.17) is 14.9 Å². The molecule has 6 heteroatoms. The Labute approximate surface area is 105 Å². The van der Waals surface area contributed by atoms with Gasteiger partial charge in [0.25, 0.3) is 6.01 Å². The Bertz CT molecular complexity index is 493. The van der Waals surface area contributed by atoms with Crippen molar-refractivity contribution in [2.75, 3.05) is 31.1 Å². The lowest BCUT2D eigenvalue weighted by molar-refractivity contribution is 0.0353. The number of nitrogens with two attached hydrogens (primary N) is 1. The van der Waals surface area contributed by atoms with E-state index in [1.165, 1.54) is 0 Å². The first kappa shape index (κ1) is 11.4. The predicted molar refractivity (Wildman–Crippen MR) is 67.4 cm³/mol. The van der Waals surface area contributed by atoms with Crippen molar-refractivity contribution in [3.05, 3.63) is 18.3 Å². The van der Waals surface area contributed by atoms with Crippen molar-refractivity contribution < 1.29 is 9.15 Å². The van der Waals surface area contributed by atoms with Crippen molar-refractivity contribution in [2.45, 2.75) is 12.5 Å². The zero-order valence-electron chi connectivity index (χ0n) is 10.1. The Hall–Kier alpha value is -1.66. The smallest absolute Gasteiger partial charge is 0.300 e. The van der Waals surface area contributed by atoms with Crippen LogP contribution in [0.1, 0.15) is 6.42 Å². The highest BCUT2D eigenvalue weighted by Crippen LogP contribution is 2.22. The summed E-state index contributed by atoms with van der Waals surface area (Å²) in [6.45, 7) is 2.86. The monoisotopic (exact) mass is 248 g/mol. The summed E-state index contributed by atoms with van der Waals surface area (Å²) in [6.07, 6.45) is 2.73. The molecule has 0 aromatic carbocycles. The number of oxazole rings is 1. The van der Waals surface area contributed by atoms with Gasteiger partial charge in [0.1, 0.15) is 0 Å². The van der Waals surface area contributed by atoms with Crippen molar-refractivity contribution in [3.63, 3.8) is 0 Å². The Kier molecular flexibility index (Phi) is 3.12. The van der Waals surface area contributed by atoms with Crippen LogP contribution in [0.3, 0.4) is 0 Å². The second-order valence-corrected chi connectivity index (χ2v) is 4.34. The minimum absolute atomic E-state index is 0.159. The lowest BCUT2D eigenvalue weighted by atomic mass is 10.2. The van der Waals surface area contributed by atoms with Crippen molar-refractivity contribution in [2.24, 2.45) is 5.73 Å². The van der Waals surface area contributed by atoms with E-state index in [0.29, 0.717) is 24.8 Å². The van der Waals surface area contributed by atoms with Crippen LogP contribution in [0, 0.1) is 0 Å². The van der Waals surface area contributed by atoms with Gasteiger partial charge in [-0.05, 0) is 25.1 Å². The fraction of sp³-hybridized carbons (Fsp3) is 0.500. The quantitative estimate of drug-likeness (QED) is 0.864. The largest absolute Gasteiger partial charge is 0.422 e. The van der Waals surface area contributed by atoms with Gasteiger partial charge in [-0.1, -0.05) is 0 Å². The molecule has 1 aliphatic rings. The van der Waals surface area contributed by atoms with E-state index < -0.39 is 0 Å². The summed E-state index contributed by atoms with van der Waals surface area (Å²) in [4.78, 5) is 10.7. The number of morpholine rings is 1. The molecule has 0 saturated carbocycles. The van der Waals surface area contributed by atoms with Crippen LogP contribution in [0.15, 0.2) is 22.7 Å². The molecular weight excluding hydrogens is 232 g/mol. The maximum Gasteiger partial charge on any atom is 0.300 e. The first-order valence-electron chi connectivity index (χ1n) is 6.15. The summed E-state index contributed by atoms with van der Waals surface area (Å²) in [5, 5.41) is 0. The van der Waals surface area contributed by atoms with Crippen molar-refractivity contribution in [3.8, 4) is 0 Å². The SMILES string of the molecule is NCC[C@@H]1CN(c2nc3ncccc3o2)CCO1. The van der Waals surface area contributed by atoms with Crippen molar-refractivity contribution >= 4 is 17.2 Å². The average molecular weight is 248 g/mol. The van der Waals surface area contributed by atoms with Gasteiger partial charge < -0.3 is 19.8 Å². The molecule has 0 amide bonds. The van der Waals surface area contributed by atoms with Gasteiger partial charge in [0.05, 0.1) is 12.7 Å². The highest BCUT2D eigenvalue weighted by atomic mass is 16.5. The number of ether oxygens (including phenoxy) is 1. The molecule has 2 N–H and O–H groups in total. The molecule has 1 saturated heterocycles. The van der Waals surface area contributed by atoms with Crippen LogP contribution in [0.25, 0.3) is 11.2 Å². The molecule has 0 spiro atoms. The molecule has 0 radical (unpaired) electrons. The van der Waals surface area contributed by atoms with Crippen LogP contribution in [0.5, 0.6) is 0 Å². The van der Waals surface area contributed by atoms with Gasteiger partial charge in [0, 0.05) is 19.3 Å². The standard InChI is InChI=1S/C12H16N4O2/c13-4-3-9-8-16(6-7-17-9)12-15-11-10(18-12)2-1-5-14-11/h1-2,5,9H,3-4,6-8,13H2/t9-/m1/s1. The molecule has 96 valence electrons. The van der Waals surface area contributed by atoms with E-state index in [1.807, 2.05) is 12.1 Å². The minimum atomic E-state index is 0.159. The topological polar surface area (TPSA) is 77.4 Å². The number of rotatable bonds is 3. The summed E-state index contributed by atoms with van der Waals surface area (Å²) in [5.74, 6) is 0. The van der Waals surface area contributed by atoms with Crippen LogP contribution in [-0.4, -0.2) is 42.3 Å². The van der Waals surface area contributed by atoms with Gasteiger partial charge in [0.2, 0.25) is 5.65 Å². The van der Waals surface area contributed by atoms with E-state index in [2.05, 4.69) is 14.9 Å². The van der Waals surface area contributed by atoms with E-state index in [0.717, 1.165) is 25.1 Å².